The van der Waals surface area contributed by atoms with Crippen molar-refractivity contribution in [3.05, 3.63) is 108 Å². The van der Waals surface area contributed by atoms with Crippen LogP contribution in [0.2, 0.25) is 0 Å². The molecule has 2 N–H and O–H groups in total. The highest BCUT2D eigenvalue weighted by atomic mass is 16.9. The topological polar surface area (TPSA) is 86.6 Å². The van der Waals surface area contributed by atoms with E-state index in [2.05, 4.69) is 0 Å². The van der Waals surface area contributed by atoms with Crippen LogP contribution in [0.5, 0.6) is 0 Å². The van der Waals surface area contributed by atoms with E-state index in [9.17, 15) is 10.2 Å². The third-order valence-electron chi connectivity index (χ3n) is 6.74. The molecule has 5 rings (SSSR count). The molecule has 190 valence electrons. The molecule has 2 heterocycles. The Labute approximate surface area is 211 Å². The first-order valence-corrected chi connectivity index (χ1v) is 12.3. The van der Waals surface area contributed by atoms with Crippen LogP contribution in [0.1, 0.15) is 30.5 Å². The number of aliphatic hydroxyl groups is 2. The number of rotatable bonds is 8. The van der Waals surface area contributed by atoms with Crippen molar-refractivity contribution in [3.63, 3.8) is 0 Å². The van der Waals surface area contributed by atoms with Gasteiger partial charge in [0.05, 0.1) is 6.61 Å². The van der Waals surface area contributed by atoms with Gasteiger partial charge in [-0.2, -0.15) is 0 Å². The van der Waals surface area contributed by atoms with Crippen LogP contribution in [0.15, 0.2) is 91.0 Å². The van der Waals surface area contributed by atoms with Crippen molar-refractivity contribution in [2.24, 2.45) is 0 Å². The maximum atomic E-state index is 11.0. The molecule has 0 aliphatic carbocycles. The lowest BCUT2D eigenvalue weighted by atomic mass is 9.80. The Kier molecular flexibility index (Phi) is 7.23. The van der Waals surface area contributed by atoms with Crippen molar-refractivity contribution in [1.82, 2.24) is 0 Å². The van der Waals surface area contributed by atoms with Crippen molar-refractivity contribution >= 4 is 0 Å². The van der Waals surface area contributed by atoms with Gasteiger partial charge in [-0.1, -0.05) is 91.0 Å². The number of ether oxygens (including phenoxy) is 5. The third-order valence-corrected chi connectivity index (χ3v) is 6.74. The Morgan fingerprint density at radius 3 is 1.75 bits per heavy atom. The van der Waals surface area contributed by atoms with Crippen LogP contribution in [-0.2, 0) is 29.3 Å². The number of benzene rings is 3. The fraction of sp³-hybridized carbons (Fsp3) is 0.379. The van der Waals surface area contributed by atoms with Gasteiger partial charge < -0.3 is 29.2 Å². The molecule has 0 radical (unpaired) electrons. The third kappa shape index (κ3) is 4.60. The average Bonchev–Trinajstić information content (AvgIpc) is 3.25. The lowest BCUT2D eigenvalue weighted by molar-refractivity contribution is -0.343. The number of hydrogen-bond acceptors (Lipinski definition) is 7. The summed E-state index contributed by atoms with van der Waals surface area (Å²) in [5, 5.41) is 21.8. The zero-order chi connectivity index (χ0) is 25.2. The van der Waals surface area contributed by atoms with Crippen LogP contribution in [0.3, 0.4) is 0 Å². The maximum Gasteiger partial charge on any atom is 0.282 e. The molecule has 0 spiro atoms. The van der Waals surface area contributed by atoms with Crippen LogP contribution in [0.25, 0.3) is 0 Å². The summed E-state index contributed by atoms with van der Waals surface area (Å²) in [7, 11) is 0. The van der Waals surface area contributed by atoms with Crippen molar-refractivity contribution in [2.45, 2.75) is 56.1 Å². The van der Waals surface area contributed by atoms with Gasteiger partial charge in [0, 0.05) is 13.5 Å². The van der Waals surface area contributed by atoms with Gasteiger partial charge in [-0.05, 0) is 23.6 Å². The van der Waals surface area contributed by atoms with Gasteiger partial charge in [0.1, 0.15) is 30.0 Å². The first-order valence-electron chi connectivity index (χ1n) is 12.3. The molecule has 3 aromatic rings. The largest absolute Gasteiger partial charge is 0.387 e. The second-order valence-electron chi connectivity index (χ2n) is 9.11. The molecule has 0 amide bonds. The highest BCUT2D eigenvalue weighted by molar-refractivity contribution is 5.47. The van der Waals surface area contributed by atoms with Crippen LogP contribution in [-0.4, -0.2) is 60.1 Å². The summed E-state index contributed by atoms with van der Waals surface area (Å²) in [5.74, 6) is -1.36. The molecule has 0 unspecified atom stereocenters. The van der Waals surface area contributed by atoms with Crippen molar-refractivity contribution in [1.29, 1.82) is 0 Å². The summed E-state index contributed by atoms with van der Waals surface area (Å²) in [4.78, 5) is 0. The molecular weight excluding hydrogens is 460 g/mol. The number of hydrogen-bond donors (Lipinski definition) is 2. The fourth-order valence-electron chi connectivity index (χ4n) is 5.06. The standard InChI is InChI=1S/C29H32O7/c1-3-32-28(2)35-26-25(31)24(30)23(34-27(26)36-28)19-33-29(20-13-7-4-8-14-20,21-15-9-5-10-16-21)22-17-11-6-12-18-22/h4-18,23-27,30-31H,3,19H2,1-2H3/t23-,24+,25+,26-,27+,28-/m0/s1. The van der Waals surface area contributed by atoms with Crippen LogP contribution in [0.4, 0.5) is 0 Å². The van der Waals surface area contributed by atoms with Gasteiger partial charge in [-0.3, -0.25) is 4.74 Å². The summed E-state index contributed by atoms with van der Waals surface area (Å²) in [6, 6.07) is 29.8. The first kappa shape index (κ1) is 25.0. The normalized spacial score (nSPS) is 30.2. The van der Waals surface area contributed by atoms with Crippen molar-refractivity contribution in [2.75, 3.05) is 13.2 Å². The van der Waals surface area contributed by atoms with E-state index in [0.717, 1.165) is 16.7 Å². The van der Waals surface area contributed by atoms with E-state index in [-0.39, 0.29) is 6.61 Å². The highest BCUT2D eigenvalue weighted by Gasteiger charge is 2.56. The maximum absolute atomic E-state index is 11.0. The van der Waals surface area contributed by atoms with E-state index in [1.807, 2.05) is 97.9 Å². The Morgan fingerprint density at radius 2 is 1.28 bits per heavy atom. The molecule has 6 atom stereocenters. The quantitative estimate of drug-likeness (QED) is 0.465. The van der Waals surface area contributed by atoms with E-state index in [4.69, 9.17) is 23.7 Å². The van der Waals surface area contributed by atoms with Gasteiger partial charge >= 0.3 is 0 Å². The first-order chi connectivity index (χ1) is 17.5. The Balaban J connectivity index is 1.49. The lowest BCUT2D eigenvalue weighted by Gasteiger charge is -2.41. The summed E-state index contributed by atoms with van der Waals surface area (Å²) in [6.07, 6.45) is -5.15. The summed E-state index contributed by atoms with van der Waals surface area (Å²) >= 11 is 0. The van der Waals surface area contributed by atoms with Gasteiger partial charge in [-0.15, -0.1) is 0 Å². The number of fused-ring (bicyclic) bond motifs is 1. The molecule has 7 heteroatoms. The average molecular weight is 493 g/mol. The monoisotopic (exact) mass is 492 g/mol. The summed E-state index contributed by atoms with van der Waals surface area (Å²) < 4.78 is 30.0. The second kappa shape index (κ2) is 10.4. The van der Waals surface area contributed by atoms with Crippen LogP contribution in [0, 0.1) is 0 Å². The second-order valence-corrected chi connectivity index (χ2v) is 9.11. The predicted octanol–water partition coefficient (Wildman–Crippen LogP) is 3.57. The minimum absolute atomic E-state index is 0.0190. The molecule has 0 bridgehead atoms. The number of aliphatic hydroxyl groups excluding tert-OH is 2. The zero-order valence-electron chi connectivity index (χ0n) is 20.4. The van der Waals surface area contributed by atoms with Crippen LogP contribution < -0.4 is 0 Å². The fourth-order valence-corrected chi connectivity index (χ4v) is 5.06. The Hall–Kier alpha value is -2.62. The summed E-state index contributed by atoms with van der Waals surface area (Å²) in [5.41, 5.74) is 1.79. The Bertz CT molecular complexity index is 1010. The van der Waals surface area contributed by atoms with E-state index < -0.39 is 42.3 Å². The lowest BCUT2D eigenvalue weighted by Crippen LogP contribution is -2.58. The predicted molar refractivity (Wildman–Crippen MR) is 132 cm³/mol. The molecule has 36 heavy (non-hydrogen) atoms. The van der Waals surface area contributed by atoms with E-state index in [1.54, 1.807) is 6.92 Å². The molecule has 0 aromatic heterocycles. The molecule has 2 aliphatic rings. The molecule has 2 aliphatic heterocycles. The molecule has 2 fully saturated rings. The minimum atomic E-state index is -1.36. The molecule has 7 nitrogen and oxygen atoms in total. The highest BCUT2D eigenvalue weighted by Crippen LogP contribution is 2.42. The van der Waals surface area contributed by atoms with Gasteiger partial charge in [0.15, 0.2) is 6.29 Å². The summed E-state index contributed by atoms with van der Waals surface area (Å²) in [6.45, 7) is 3.77. The Morgan fingerprint density at radius 1 is 0.778 bits per heavy atom. The molecular formula is C29H32O7. The van der Waals surface area contributed by atoms with Gasteiger partial charge in [0.25, 0.3) is 5.97 Å². The molecule has 0 saturated carbocycles. The SMILES string of the molecule is CCO[C@]1(C)O[C@H]2O[C@@H](COC(c3ccccc3)(c3ccccc3)c3ccccc3)[C@@H](O)[C@@H](O)[C@@H]2O1. The van der Waals surface area contributed by atoms with E-state index >= 15 is 0 Å². The van der Waals surface area contributed by atoms with Gasteiger partial charge in [-0.25, -0.2) is 0 Å². The molecule has 2 saturated heterocycles. The van der Waals surface area contributed by atoms with Crippen LogP contribution >= 0.6 is 0 Å². The van der Waals surface area contributed by atoms with Gasteiger partial charge in [0.2, 0.25) is 0 Å². The van der Waals surface area contributed by atoms with E-state index in [0.29, 0.717) is 6.61 Å². The molecule has 3 aromatic carbocycles. The van der Waals surface area contributed by atoms with E-state index in [1.165, 1.54) is 0 Å². The van der Waals surface area contributed by atoms with Crippen molar-refractivity contribution in [3.8, 4) is 0 Å². The zero-order valence-corrected chi connectivity index (χ0v) is 20.4. The smallest absolute Gasteiger partial charge is 0.282 e. The minimum Gasteiger partial charge on any atom is -0.387 e. The van der Waals surface area contributed by atoms with Crippen molar-refractivity contribution < 1.29 is 33.9 Å².